The van der Waals surface area contributed by atoms with Gasteiger partial charge in [0.1, 0.15) is 5.75 Å². The Morgan fingerprint density at radius 3 is 2.55 bits per heavy atom. The van der Waals surface area contributed by atoms with E-state index >= 15 is 0 Å². The molecule has 0 saturated carbocycles. The molecule has 5 rings (SSSR count). The summed E-state index contributed by atoms with van der Waals surface area (Å²) in [6.07, 6.45) is -0.903. The maximum Gasteiger partial charge on any atom is 0.295 e. The Hall–Kier alpha value is -3.03. The molecule has 0 bridgehead atoms. The summed E-state index contributed by atoms with van der Waals surface area (Å²) in [5.41, 5.74) is -1.19. The van der Waals surface area contributed by atoms with Crippen molar-refractivity contribution in [1.82, 2.24) is 0 Å². The van der Waals surface area contributed by atoms with Gasteiger partial charge in [0.05, 0.1) is 11.3 Å². The van der Waals surface area contributed by atoms with Gasteiger partial charge in [-0.2, -0.15) is 0 Å². The number of halogens is 2. The summed E-state index contributed by atoms with van der Waals surface area (Å²) in [5.74, 6) is -2.30. The molecule has 0 fully saturated rings. The first kappa shape index (κ1) is 18.0. The molecule has 0 saturated heterocycles. The van der Waals surface area contributed by atoms with Crippen LogP contribution in [0.2, 0.25) is 10.0 Å². The van der Waals surface area contributed by atoms with Gasteiger partial charge in [-0.05, 0) is 37.3 Å². The van der Waals surface area contributed by atoms with E-state index in [1.165, 1.54) is 31.2 Å². The lowest BCUT2D eigenvalue weighted by Crippen LogP contribution is -2.53. The van der Waals surface area contributed by atoms with Gasteiger partial charge in [-0.25, -0.2) is 0 Å². The first-order valence-electron chi connectivity index (χ1n) is 8.67. The fourth-order valence-electron chi connectivity index (χ4n) is 4.18. The van der Waals surface area contributed by atoms with Crippen LogP contribution in [0.3, 0.4) is 0 Å². The number of hydrogen-bond acceptors (Lipinski definition) is 5. The lowest BCUT2D eigenvalue weighted by atomic mass is 9.81. The van der Waals surface area contributed by atoms with E-state index in [2.05, 4.69) is 5.32 Å². The first-order chi connectivity index (χ1) is 13.8. The SMILES string of the molecule is CC1OC2=C(C1=O)C1(C(=O)Nc3cc(Cl)ccc31)N(c1cc(Cl)ccc1O)C2=O. The van der Waals surface area contributed by atoms with Crippen LogP contribution < -0.4 is 10.2 Å². The maximum absolute atomic E-state index is 13.4. The van der Waals surface area contributed by atoms with Crippen molar-refractivity contribution in [2.75, 3.05) is 10.2 Å². The van der Waals surface area contributed by atoms with E-state index in [4.69, 9.17) is 27.9 Å². The molecule has 29 heavy (non-hydrogen) atoms. The van der Waals surface area contributed by atoms with Crippen LogP contribution in [0.1, 0.15) is 12.5 Å². The molecule has 2 aromatic carbocycles. The highest BCUT2D eigenvalue weighted by Crippen LogP contribution is 2.56. The van der Waals surface area contributed by atoms with E-state index in [-0.39, 0.29) is 27.8 Å². The maximum atomic E-state index is 13.4. The van der Waals surface area contributed by atoms with Crippen molar-refractivity contribution in [1.29, 1.82) is 0 Å². The van der Waals surface area contributed by atoms with E-state index in [9.17, 15) is 19.5 Å². The summed E-state index contributed by atoms with van der Waals surface area (Å²) in [6.45, 7) is 1.51. The lowest BCUT2D eigenvalue weighted by molar-refractivity contribution is -0.128. The molecule has 146 valence electrons. The number of Topliss-reactive ketones (excluding diaryl/α,β-unsaturated/α-hetero) is 1. The van der Waals surface area contributed by atoms with E-state index < -0.39 is 29.2 Å². The molecule has 2 aromatic rings. The molecule has 2 unspecified atom stereocenters. The van der Waals surface area contributed by atoms with Crippen LogP contribution in [-0.4, -0.2) is 28.8 Å². The second-order valence-electron chi connectivity index (χ2n) is 6.96. The average Bonchev–Trinajstić information content (AvgIpc) is 3.21. The number of phenolic OH excluding ortho intramolecular Hbond substituents is 1. The van der Waals surface area contributed by atoms with Crippen molar-refractivity contribution < 1.29 is 24.2 Å². The van der Waals surface area contributed by atoms with Gasteiger partial charge < -0.3 is 15.2 Å². The summed E-state index contributed by atoms with van der Waals surface area (Å²) in [5, 5.41) is 13.8. The second-order valence-corrected chi connectivity index (χ2v) is 7.83. The molecule has 3 aliphatic rings. The zero-order chi connectivity index (χ0) is 20.7. The zero-order valence-corrected chi connectivity index (χ0v) is 16.3. The number of hydrogen-bond donors (Lipinski definition) is 2. The Kier molecular flexibility index (Phi) is 3.57. The summed E-state index contributed by atoms with van der Waals surface area (Å²) in [4.78, 5) is 40.8. The minimum Gasteiger partial charge on any atom is -0.506 e. The number of aromatic hydroxyl groups is 1. The molecular weight excluding hydrogens is 419 g/mol. The van der Waals surface area contributed by atoms with E-state index in [1.54, 1.807) is 12.1 Å². The van der Waals surface area contributed by atoms with E-state index in [1.807, 2.05) is 0 Å². The van der Waals surface area contributed by atoms with Gasteiger partial charge in [0.15, 0.2) is 17.4 Å². The number of anilines is 2. The minimum absolute atomic E-state index is 0.0149. The molecule has 0 aromatic heterocycles. The van der Waals surface area contributed by atoms with Crippen LogP contribution in [0.25, 0.3) is 0 Å². The van der Waals surface area contributed by atoms with Crippen molar-refractivity contribution in [3.63, 3.8) is 0 Å². The highest BCUT2D eigenvalue weighted by atomic mass is 35.5. The molecular formula is C20H12Cl2N2O5. The summed E-state index contributed by atoms with van der Waals surface area (Å²) >= 11 is 12.2. The molecule has 1 spiro atoms. The molecule has 7 nitrogen and oxygen atoms in total. The molecule has 3 aliphatic heterocycles. The van der Waals surface area contributed by atoms with Gasteiger partial charge in [0, 0.05) is 21.3 Å². The Morgan fingerprint density at radius 2 is 1.79 bits per heavy atom. The van der Waals surface area contributed by atoms with Crippen LogP contribution >= 0.6 is 23.2 Å². The molecule has 0 aliphatic carbocycles. The number of amides is 2. The predicted molar refractivity (Wildman–Crippen MR) is 105 cm³/mol. The second kappa shape index (κ2) is 5.75. The quantitative estimate of drug-likeness (QED) is 0.724. The van der Waals surface area contributed by atoms with Crippen LogP contribution in [-0.2, 0) is 24.7 Å². The Labute approximate surface area is 174 Å². The average molecular weight is 431 g/mol. The predicted octanol–water partition coefficient (Wildman–Crippen LogP) is 3.14. The highest BCUT2D eigenvalue weighted by Gasteiger charge is 2.67. The van der Waals surface area contributed by atoms with Crippen molar-refractivity contribution in [3.8, 4) is 5.75 Å². The number of phenols is 1. The number of fused-ring (bicyclic) bond motifs is 3. The Morgan fingerprint density at radius 1 is 1.10 bits per heavy atom. The van der Waals surface area contributed by atoms with E-state index in [0.717, 1.165) is 4.90 Å². The van der Waals surface area contributed by atoms with Gasteiger partial charge in [-0.15, -0.1) is 0 Å². The van der Waals surface area contributed by atoms with E-state index in [0.29, 0.717) is 16.3 Å². The van der Waals surface area contributed by atoms with Gasteiger partial charge in [-0.3, -0.25) is 19.3 Å². The number of rotatable bonds is 1. The number of carbonyl (C=O) groups excluding carboxylic acids is 3. The molecule has 2 amide bonds. The number of ether oxygens (including phenoxy) is 1. The lowest BCUT2D eigenvalue weighted by Gasteiger charge is -2.35. The monoisotopic (exact) mass is 430 g/mol. The molecule has 2 atom stereocenters. The number of nitrogens with zero attached hydrogens (tertiary/aromatic N) is 1. The van der Waals surface area contributed by atoms with Crippen LogP contribution in [0.4, 0.5) is 11.4 Å². The third-order valence-corrected chi connectivity index (χ3v) is 5.83. The van der Waals surface area contributed by atoms with Gasteiger partial charge in [-0.1, -0.05) is 29.3 Å². The Bertz CT molecular complexity index is 1190. The summed E-state index contributed by atoms with van der Waals surface area (Å²) < 4.78 is 5.52. The number of benzene rings is 2. The minimum atomic E-state index is -1.84. The van der Waals surface area contributed by atoms with Gasteiger partial charge in [0.2, 0.25) is 5.78 Å². The third-order valence-electron chi connectivity index (χ3n) is 5.36. The van der Waals surface area contributed by atoms with Crippen LogP contribution in [0.15, 0.2) is 47.7 Å². The van der Waals surface area contributed by atoms with Crippen LogP contribution in [0, 0.1) is 0 Å². The summed E-state index contributed by atoms with van der Waals surface area (Å²) in [7, 11) is 0. The standard InChI is InChI=1S/C20H12Cl2N2O5/c1-8-16(26)15-17(29-8)18(27)24(13-7-10(22)3-5-14(13)25)20(15)11-4-2-9(21)6-12(11)23-19(20)28/h2-8,25H,1H3,(H,23,28). The molecule has 9 heteroatoms. The first-order valence-corrected chi connectivity index (χ1v) is 9.42. The Balaban J connectivity index is 1.87. The molecule has 2 N–H and O–H groups in total. The number of carbonyl (C=O) groups is 3. The molecule has 3 heterocycles. The van der Waals surface area contributed by atoms with Gasteiger partial charge in [0.25, 0.3) is 11.8 Å². The zero-order valence-electron chi connectivity index (χ0n) is 14.8. The van der Waals surface area contributed by atoms with Crippen molar-refractivity contribution in [2.24, 2.45) is 0 Å². The van der Waals surface area contributed by atoms with Crippen molar-refractivity contribution >= 4 is 52.2 Å². The number of nitrogens with one attached hydrogen (secondary N) is 1. The number of ketones is 1. The molecule has 0 radical (unpaired) electrons. The fraction of sp³-hybridized carbons (Fsp3) is 0.150. The smallest absolute Gasteiger partial charge is 0.295 e. The fourth-order valence-corrected chi connectivity index (χ4v) is 4.51. The van der Waals surface area contributed by atoms with Crippen LogP contribution in [0.5, 0.6) is 5.75 Å². The highest BCUT2D eigenvalue weighted by molar-refractivity contribution is 6.34. The van der Waals surface area contributed by atoms with Crippen molar-refractivity contribution in [2.45, 2.75) is 18.6 Å². The third kappa shape index (κ3) is 2.11. The largest absolute Gasteiger partial charge is 0.506 e. The topological polar surface area (TPSA) is 95.9 Å². The summed E-state index contributed by atoms with van der Waals surface area (Å²) in [6, 6.07) is 8.78. The van der Waals surface area contributed by atoms with Gasteiger partial charge >= 0.3 is 0 Å². The van der Waals surface area contributed by atoms with Crippen molar-refractivity contribution in [3.05, 3.63) is 63.3 Å². The normalized spacial score (nSPS) is 24.9.